The molecule has 3 N–H and O–H groups in total. The second-order valence-electron chi connectivity index (χ2n) is 4.41. The van der Waals surface area contributed by atoms with Crippen LogP contribution in [-0.4, -0.2) is 64.9 Å². The van der Waals surface area contributed by atoms with Gasteiger partial charge in [-0.1, -0.05) is 0 Å². The molecule has 1 heterocycles. The lowest BCUT2D eigenvalue weighted by atomic mass is 10.1. The predicted octanol–water partition coefficient (Wildman–Crippen LogP) is 0.216. The molecule has 1 rings (SSSR count). The van der Waals surface area contributed by atoms with Crippen molar-refractivity contribution < 1.29 is 19.8 Å². The van der Waals surface area contributed by atoms with Crippen LogP contribution in [0.3, 0.4) is 0 Å². The molecule has 0 saturated carbocycles. The summed E-state index contributed by atoms with van der Waals surface area (Å²) in [6.45, 7) is 1.14. The average Bonchev–Trinajstić information content (AvgIpc) is 2.82. The number of aliphatic hydroxyl groups excluding tert-OH is 1. The Morgan fingerprint density at radius 1 is 1.56 bits per heavy atom. The Morgan fingerprint density at radius 3 is 2.78 bits per heavy atom. The van der Waals surface area contributed by atoms with Crippen LogP contribution in [-0.2, 0) is 4.79 Å². The molecule has 0 aromatic carbocycles. The standard InChI is InChI=1S/C11H20N2O4S/c1-18-5-3-9(10(15)16)12-11(17)13-4-2-8(6-13)7-14/h8-9,14H,2-7H2,1H3,(H,12,17)(H,15,16)/t8?,9-/m0/s1. The number of likely N-dealkylation sites (tertiary alicyclic amines) is 1. The second kappa shape index (κ2) is 7.48. The number of amides is 2. The zero-order chi connectivity index (χ0) is 13.5. The Hall–Kier alpha value is -0.950. The van der Waals surface area contributed by atoms with Crippen molar-refractivity contribution in [2.75, 3.05) is 31.7 Å². The summed E-state index contributed by atoms with van der Waals surface area (Å²) in [7, 11) is 0. The number of nitrogens with zero attached hydrogens (tertiary/aromatic N) is 1. The van der Waals surface area contributed by atoms with Gasteiger partial charge in [0.1, 0.15) is 6.04 Å². The number of hydrogen-bond donors (Lipinski definition) is 3. The third-order valence-corrected chi connectivity index (χ3v) is 3.68. The number of aliphatic carboxylic acids is 1. The summed E-state index contributed by atoms with van der Waals surface area (Å²) in [6, 6.07) is -1.18. The van der Waals surface area contributed by atoms with Crippen molar-refractivity contribution in [3.63, 3.8) is 0 Å². The van der Waals surface area contributed by atoms with E-state index in [0.717, 1.165) is 6.42 Å². The van der Waals surface area contributed by atoms with Gasteiger partial charge in [0.15, 0.2) is 0 Å². The van der Waals surface area contributed by atoms with Gasteiger partial charge in [-0.3, -0.25) is 0 Å². The van der Waals surface area contributed by atoms with E-state index in [9.17, 15) is 9.59 Å². The fourth-order valence-electron chi connectivity index (χ4n) is 1.90. The number of hydrogen-bond acceptors (Lipinski definition) is 4. The Labute approximate surface area is 111 Å². The molecule has 0 aromatic heterocycles. The van der Waals surface area contributed by atoms with E-state index in [-0.39, 0.29) is 18.6 Å². The van der Waals surface area contributed by atoms with E-state index in [1.54, 1.807) is 16.7 Å². The number of carbonyl (C=O) groups excluding carboxylic acids is 1. The van der Waals surface area contributed by atoms with E-state index in [1.165, 1.54) is 0 Å². The van der Waals surface area contributed by atoms with Crippen molar-refractivity contribution in [1.29, 1.82) is 0 Å². The molecule has 0 aromatic rings. The molecule has 1 unspecified atom stereocenters. The number of nitrogens with one attached hydrogen (secondary N) is 1. The van der Waals surface area contributed by atoms with Gasteiger partial charge in [-0.05, 0) is 24.9 Å². The molecule has 1 aliphatic rings. The van der Waals surface area contributed by atoms with Crippen LogP contribution in [0.4, 0.5) is 4.79 Å². The third-order valence-electron chi connectivity index (χ3n) is 3.04. The van der Waals surface area contributed by atoms with E-state index in [1.807, 2.05) is 6.26 Å². The molecule has 0 aliphatic carbocycles. The molecule has 6 nitrogen and oxygen atoms in total. The number of aliphatic hydroxyl groups is 1. The van der Waals surface area contributed by atoms with Gasteiger partial charge in [-0.15, -0.1) is 0 Å². The summed E-state index contributed by atoms with van der Waals surface area (Å²) in [4.78, 5) is 24.4. The number of urea groups is 1. The molecule has 0 spiro atoms. The predicted molar refractivity (Wildman–Crippen MR) is 69.7 cm³/mol. The number of rotatable bonds is 6. The van der Waals surface area contributed by atoms with Gasteiger partial charge >= 0.3 is 12.0 Å². The lowest BCUT2D eigenvalue weighted by Crippen LogP contribution is -2.47. The molecule has 1 aliphatic heterocycles. The zero-order valence-electron chi connectivity index (χ0n) is 10.5. The van der Waals surface area contributed by atoms with Crippen LogP contribution in [0.5, 0.6) is 0 Å². The molecule has 1 saturated heterocycles. The highest BCUT2D eigenvalue weighted by atomic mass is 32.2. The smallest absolute Gasteiger partial charge is 0.326 e. The highest BCUT2D eigenvalue weighted by molar-refractivity contribution is 7.98. The largest absolute Gasteiger partial charge is 0.480 e. The summed E-state index contributed by atoms with van der Waals surface area (Å²) < 4.78 is 0. The summed E-state index contributed by atoms with van der Waals surface area (Å²) in [5.41, 5.74) is 0. The van der Waals surface area contributed by atoms with E-state index in [2.05, 4.69) is 5.32 Å². The Balaban J connectivity index is 2.43. The summed E-state index contributed by atoms with van der Waals surface area (Å²) in [5, 5.41) is 20.5. The van der Waals surface area contributed by atoms with Crippen molar-refractivity contribution in [3.8, 4) is 0 Å². The topological polar surface area (TPSA) is 89.9 Å². The van der Waals surface area contributed by atoms with Gasteiger partial charge in [0.05, 0.1) is 0 Å². The maximum atomic E-state index is 11.8. The first-order chi connectivity index (χ1) is 8.58. The molecular weight excluding hydrogens is 256 g/mol. The van der Waals surface area contributed by atoms with Crippen molar-refractivity contribution in [2.45, 2.75) is 18.9 Å². The lowest BCUT2D eigenvalue weighted by molar-refractivity contribution is -0.139. The van der Waals surface area contributed by atoms with E-state index >= 15 is 0 Å². The molecule has 104 valence electrons. The molecule has 18 heavy (non-hydrogen) atoms. The monoisotopic (exact) mass is 276 g/mol. The minimum Gasteiger partial charge on any atom is -0.480 e. The van der Waals surface area contributed by atoms with Gasteiger partial charge in [0.2, 0.25) is 0 Å². The Kier molecular flexibility index (Phi) is 6.28. The van der Waals surface area contributed by atoms with Crippen molar-refractivity contribution in [2.24, 2.45) is 5.92 Å². The second-order valence-corrected chi connectivity index (χ2v) is 5.39. The first-order valence-corrected chi connectivity index (χ1v) is 7.36. The number of carboxylic acids is 1. The van der Waals surface area contributed by atoms with Gasteiger partial charge in [-0.2, -0.15) is 11.8 Å². The molecule has 0 bridgehead atoms. The first-order valence-electron chi connectivity index (χ1n) is 5.96. The van der Waals surface area contributed by atoms with Crippen LogP contribution in [0.2, 0.25) is 0 Å². The van der Waals surface area contributed by atoms with E-state index < -0.39 is 12.0 Å². The van der Waals surface area contributed by atoms with Gasteiger partial charge in [0, 0.05) is 25.6 Å². The SMILES string of the molecule is CSCC[C@H](NC(=O)N1CCC(CO)C1)C(=O)O. The van der Waals surface area contributed by atoms with Gasteiger partial charge < -0.3 is 20.4 Å². The van der Waals surface area contributed by atoms with Crippen LogP contribution in [0.25, 0.3) is 0 Å². The highest BCUT2D eigenvalue weighted by Gasteiger charge is 2.28. The van der Waals surface area contributed by atoms with Crippen LogP contribution < -0.4 is 5.32 Å². The number of carboxylic acid groups (broad SMARTS) is 1. The molecular formula is C11H20N2O4S. The zero-order valence-corrected chi connectivity index (χ0v) is 11.3. The van der Waals surface area contributed by atoms with Crippen LogP contribution in [0.1, 0.15) is 12.8 Å². The van der Waals surface area contributed by atoms with Crippen molar-refractivity contribution in [3.05, 3.63) is 0 Å². The lowest BCUT2D eigenvalue weighted by Gasteiger charge is -2.20. The number of thioether (sulfide) groups is 1. The molecule has 0 radical (unpaired) electrons. The Bertz CT molecular complexity index is 301. The van der Waals surface area contributed by atoms with Crippen molar-refractivity contribution >= 4 is 23.8 Å². The maximum absolute atomic E-state index is 11.8. The van der Waals surface area contributed by atoms with E-state index in [4.69, 9.17) is 10.2 Å². The van der Waals surface area contributed by atoms with Gasteiger partial charge in [0.25, 0.3) is 0 Å². The molecule has 2 atom stereocenters. The van der Waals surface area contributed by atoms with Crippen molar-refractivity contribution in [1.82, 2.24) is 10.2 Å². The summed E-state index contributed by atoms with van der Waals surface area (Å²) in [5.74, 6) is -0.197. The van der Waals surface area contributed by atoms with Crippen LogP contribution in [0.15, 0.2) is 0 Å². The van der Waals surface area contributed by atoms with E-state index in [0.29, 0.717) is 25.3 Å². The fourth-order valence-corrected chi connectivity index (χ4v) is 2.37. The Morgan fingerprint density at radius 2 is 2.28 bits per heavy atom. The van der Waals surface area contributed by atoms with Crippen LogP contribution >= 0.6 is 11.8 Å². The molecule has 7 heteroatoms. The number of carbonyl (C=O) groups is 2. The summed E-state index contributed by atoms with van der Waals surface area (Å²) in [6.07, 6.45) is 3.08. The minimum absolute atomic E-state index is 0.0681. The average molecular weight is 276 g/mol. The molecule has 1 fully saturated rings. The summed E-state index contributed by atoms with van der Waals surface area (Å²) >= 11 is 1.55. The third kappa shape index (κ3) is 4.38. The fraction of sp³-hybridized carbons (Fsp3) is 0.818. The minimum atomic E-state index is -1.00. The highest BCUT2D eigenvalue weighted by Crippen LogP contribution is 2.15. The van der Waals surface area contributed by atoms with Gasteiger partial charge in [-0.25, -0.2) is 9.59 Å². The molecule has 2 amide bonds. The maximum Gasteiger partial charge on any atom is 0.326 e. The first kappa shape index (κ1) is 15.1. The normalized spacial score (nSPS) is 20.8. The van der Waals surface area contributed by atoms with Crippen LogP contribution in [0, 0.1) is 5.92 Å². The quantitative estimate of drug-likeness (QED) is 0.645.